The lowest BCUT2D eigenvalue weighted by molar-refractivity contribution is -0.384. The summed E-state index contributed by atoms with van der Waals surface area (Å²) in [7, 11) is -4.00. The summed E-state index contributed by atoms with van der Waals surface area (Å²) < 4.78 is 26.9. The summed E-state index contributed by atoms with van der Waals surface area (Å²) in [6.07, 6.45) is 0. The van der Waals surface area contributed by atoms with Crippen molar-refractivity contribution in [1.29, 1.82) is 0 Å². The Kier molecular flexibility index (Phi) is 5.83. The minimum atomic E-state index is -4.00. The standard InChI is InChI=1S/C16H16ClN3O5S/c1-3-19(16-10-13(20(22)23)6-9-15(16)17)26(24,25)14-7-4-12(5-8-14)18-11(2)21/h4-10H,3H2,1-2H3,(H,18,21). The van der Waals surface area contributed by atoms with E-state index in [9.17, 15) is 23.3 Å². The van der Waals surface area contributed by atoms with Gasteiger partial charge in [-0.15, -0.1) is 0 Å². The average molecular weight is 398 g/mol. The number of hydrogen-bond acceptors (Lipinski definition) is 5. The molecule has 10 heteroatoms. The maximum Gasteiger partial charge on any atom is 0.271 e. The first-order chi connectivity index (χ1) is 12.2. The Morgan fingerprint density at radius 3 is 2.35 bits per heavy atom. The van der Waals surface area contributed by atoms with Gasteiger partial charge >= 0.3 is 0 Å². The molecule has 138 valence electrons. The average Bonchev–Trinajstić information content (AvgIpc) is 2.56. The quantitative estimate of drug-likeness (QED) is 0.593. The molecule has 2 rings (SSSR count). The molecule has 0 aliphatic heterocycles. The molecule has 0 aliphatic carbocycles. The summed E-state index contributed by atoms with van der Waals surface area (Å²) in [6, 6.07) is 9.20. The van der Waals surface area contributed by atoms with Crippen LogP contribution in [-0.2, 0) is 14.8 Å². The van der Waals surface area contributed by atoms with E-state index in [0.29, 0.717) is 5.69 Å². The van der Waals surface area contributed by atoms with Gasteiger partial charge in [0, 0.05) is 31.3 Å². The predicted molar refractivity (Wildman–Crippen MR) is 99.1 cm³/mol. The van der Waals surface area contributed by atoms with Crippen LogP contribution in [0.25, 0.3) is 0 Å². The fourth-order valence-electron chi connectivity index (χ4n) is 2.32. The number of carbonyl (C=O) groups excluding carboxylic acids is 1. The third-order valence-electron chi connectivity index (χ3n) is 3.46. The van der Waals surface area contributed by atoms with Crippen molar-refractivity contribution < 1.29 is 18.1 Å². The lowest BCUT2D eigenvalue weighted by Gasteiger charge is -2.23. The number of hydrogen-bond donors (Lipinski definition) is 1. The Morgan fingerprint density at radius 1 is 1.23 bits per heavy atom. The molecule has 0 aliphatic rings. The molecule has 2 aromatic carbocycles. The molecule has 0 bridgehead atoms. The molecule has 0 heterocycles. The van der Waals surface area contributed by atoms with E-state index in [4.69, 9.17) is 11.6 Å². The van der Waals surface area contributed by atoms with Crippen LogP contribution in [0.3, 0.4) is 0 Å². The molecular weight excluding hydrogens is 382 g/mol. The van der Waals surface area contributed by atoms with Crippen LogP contribution in [0.4, 0.5) is 17.1 Å². The molecule has 0 spiro atoms. The molecule has 2 aromatic rings. The number of carbonyl (C=O) groups is 1. The number of nitro benzene ring substituents is 1. The molecule has 0 saturated carbocycles. The molecule has 0 unspecified atom stereocenters. The first kappa shape index (κ1) is 19.7. The highest BCUT2D eigenvalue weighted by Gasteiger charge is 2.26. The van der Waals surface area contributed by atoms with Crippen LogP contribution < -0.4 is 9.62 Å². The molecule has 0 fully saturated rings. The highest BCUT2D eigenvalue weighted by atomic mass is 35.5. The van der Waals surface area contributed by atoms with Gasteiger partial charge in [0.2, 0.25) is 5.91 Å². The molecular formula is C16H16ClN3O5S. The normalized spacial score (nSPS) is 11.0. The number of amides is 1. The summed E-state index contributed by atoms with van der Waals surface area (Å²) in [5, 5.41) is 13.6. The summed E-state index contributed by atoms with van der Waals surface area (Å²) in [6.45, 7) is 2.96. The van der Waals surface area contributed by atoms with Gasteiger partial charge in [0.05, 0.1) is 20.5 Å². The lowest BCUT2D eigenvalue weighted by atomic mass is 10.3. The first-order valence-electron chi connectivity index (χ1n) is 7.51. The fraction of sp³-hybridized carbons (Fsp3) is 0.188. The largest absolute Gasteiger partial charge is 0.326 e. The summed E-state index contributed by atoms with van der Waals surface area (Å²) in [5.74, 6) is -0.279. The number of nitrogens with zero attached hydrogens (tertiary/aromatic N) is 2. The molecule has 0 saturated heterocycles. The van der Waals surface area contributed by atoms with Gasteiger partial charge in [-0.1, -0.05) is 11.6 Å². The van der Waals surface area contributed by atoms with Crippen molar-refractivity contribution in [2.24, 2.45) is 0 Å². The number of rotatable bonds is 6. The van der Waals surface area contributed by atoms with Crippen LogP contribution in [0.2, 0.25) is 5.02 Å². The van der Waals surface area contributed by atoms with Crippen LogP contribution in [0.5, 0.6) is 0 Å². The number of nitro groups is 1. The van der Waals surface area contributed by atoms with Crippen molar-refractivity contribution in [3.8, 4) is 0 Å². The number of benzene rings is 2. The molecule has 0 radical (unpaired) electrons. The monoisotopic (exact) mass is 397 g/mol. The van der Waals surface area contributed by atoms with E-state index in [-0.39, 0.29) is 33.7 Å². The Hall–Kier alpha value is -2.65. The lowest BCUT2D eigenvalue weighted by Crippen LogP contribution is -2.31. The van der Waals surface area contributed by atoms with Gasteiger partial charge < -0.3 is 5.32 Å². The highest BCUT2D eigenvalue weighted by molar-refractivity contribution is 7.92. The van der Waals surface area contributed by atoms with E-state index >= 15 is 0 Å². The Balaban J connectivity index is 2.47. The molecule has 1 amide bonds. The van der Waals surface area contributed by atoms with Crippen molar-refractivity contribution in [3.05, 3.63) is 57.6 Å². The van der Waals surface area contributed by atoms with Gasteiger partial charge in [0.1, 0.15) is 0 Å². The third-order valence-corrected chi connectivity index (χ3v) is 5.68. The zero-order chi connectivity index (χ0) is 19.5. The maximum atomic E-state index is 12.9. The maximum absolute atomic E-state index is 12.9. The van der Waals surface area contributed by atoms with Crippen LogP contribution >= 0.6 is 11.6 Å². The number of non-ortho nitro benzene ring substituents is 1. The minimum absolute atomic E-state index is 0.0225. The number of anilines is 2. The van der Waals surface area contributed by atoms with Crippen molar-refractivity contribution in [1.82, 2.24) is 0 Å². The van der Waals surface area contributed by atoms with E-state index < -0.39 is 14.9 Å². The van der Waals surface area contributed by atoms with E-state index in [1.165, 1.54) is 43.3 Å². The molecule has 0 aromatic heterocycles. The van der Waals surface area contributed by atoms with E-state index in [1.54, 1.807) is 6.92 Å². The van der Waals surface area contributed by atoms with E-state index in [2.05, 4.69) is 5.32 Å². The van der Waals surface area contributed by atoms with Gasteiger partial charge in [-0.05, 0) is 37.3 Å². The van der Waals surface area contributed by atoms with Gasteiger partial charge in [0.15, 0.2) is 0 Å². The van der Waals surface area contributed by atoms with Crippen LogP contribution in [-0.4, -0.2) is 25.8 Å². The first-order valence-corrected chi connectivity index (χ1v) is 9.33. The van der Waals surface area contributed by atoms with Gasteiger partial charge in [-0.25, -0.2) is 8.42 Å². The zero-order valence-corrected chi connectivity index (χ0v) is 15.5. The summed E-state index contributed by atoms with van der Waals surface area (Å²) in [5.41, 5.74) is 0.209. The Labute approximate surface area is 155 Å². The third kappa shape index (κ3) is 4.12. The second-order valence-corrected chi connectivity index (χ2v) is 7.54. The van der Waals surface area contributed by atoms with Gasteiger partial charge in [0.25, 0.3) is 15.7 Å². The van der Waals surface area contributed by atoms with Gasteiger partial charge in [-0.2, -0.15) is 0 Å². The second kappa shape index (κ2) is 7.71. The van der Waals surface area contributed by atoms with E-state index in [0.717, 1.165) is 10.4 Å². The summed E-state index contributed by atoms with van der Waals surface area (Å²) in [4.78, 5) is 21.4. The summed E-state index contributed by atoms with van der Waals surface area (Å²) >= 11 is 6.07. The van der Waals surface area contributed by atoms with Crippen LogP contribution in [0.15, 0.2) is 47.4 Å². The highest BCUT2D eigenvalue weighted by Crippen LogP contribution is 2.33. The number of halogens is 1. The Bertz CT molecular complexity index is 945. The van der Waals surface area contributed by atoms with Crippen LogP contribution in [0.1, 0.15) is 13.8 Å². The molecule has 0 atom stereocenters. The predicted octanol–water partition coefficient (Wildman–Crippen LogP) is 3.42. The van der Waals surface area contributed by atoms with Gasteiger partial charge in [-0.3, -0.25) is 19.2 Å². The second-order valence-electron chi connectivity index (χ2n) is 5.27. The minimum Gasteiger partial charge on any atom is -0.326 e. The molecule has 26 heavy (non-hydrogen) atoms. The van der Waals surface area contributed by atoms with E-state index in [1.807, 2.05) is 0 Å². The molecule has 8 nitrogen and oxygen atoms in total. The SMILES string of the molecule is CCN(c1cc([N+](=O)[O-])ccc1Cl)S(=O)(=O)c1ccc(NC(C)=O)cc1. The topological polar surface area (TPSA) is 110 Å². The Morgan fingerprint density at radius 2 is 1.85 bits per heavy atom. The van der Waals surface area contributed by atoms with Crippen molar-refractivity contribution >= 4 is 44.6 Å². The smallest absolute Gasteiger partial charge is 0.271 e. The number of nitrogens with one attached hydrogen (secondary N) is 1. The zero-order valence-electron chi connectivity index (χ0n) is 14.0. The fourth-order valence-corrected chi connectivity index (χ4v) is 4.07. The number of sulfonamides is 1. The van der Waals surface area contributed by atoms with Crippen molar-refractivity contribution in [3.63, 3.8) is 0 Å². The van der Waals surface area contributed by atoms with Crippen LogP contribution in [0, 0.1) is 10.1 Å². The van der Waals surface area contributed by atoms with Crippen molar-refractivity contribution in [2.75, 3.05) is 16.2 Å². The van der Waals surface area contributed by atoms with Crippen molar-refractivity contribution in [2.45, 2.75) is 18.7 Å². The molecule has 1 N–H and O–H groups in total.